The van der Waals surface area contributed by atoms with Gasteiger partial charge < -0.3 is 9.52 Å². The van der Waals surface area contributed by atoms with Crippen molar-refractivity contribution in [3.63, 3.8) is 0 Å². The fraction of sp³-hybridized carbons (Fsp3) is 0.0667. The number of hydrogen-bond donors (Lipinski definition) is 1. The van der Waals surface area contributed by atoms with Crippen molar-refractivity contribution >= 4 is 11.0 Å². The largest absolute Gasteiger partial charge is 0.507 e. The van der Waals surface area contributed by atoms with Gasteiger partial charge in [0.05, 0.1) is 5.56 Å². The zero-order valence-corrected chi connectivity index (χ0v) is 9.77. The van der Waals surface area contributed by atoms with Crippen LogP contribution in [0, 0.1) is 12.7 Å². The maximum atomic E-state index is 14.0. The Bertz CT molecular complexity index is 728. The van der Waals surface area contributed by atoms with Crippen LogP contribution >= 0.6 is 0 Å². The van der Waals surface area contributed by atoms with Crippen molar-refractivity contribution in [2.75, 3.05) is 0 Å². The average molecular weight is 242 g/mol. The third kappa shape index (κ3) is 1.56. The minimum absolute atomic E-state index is 0.0398. The highest BCUT2D eigenvalue weighted by Gasteiger charge is 2.16. The number of rotatable bonds is 1. The summed E-state index contributed by atoms with van der Waals surface area (Å²) in [5.74, 6) is 0.351. The second kappa shape index (κ2) is 3.88. The van der Waals surface area contributed by atoms with E-state index in [1.165, 1.54) is 12.1 Å². The summed E-state index contributed by atoms with van der Waals surface area (Å²) >= 11 is 0. The fourth-order valence-electron chi connectivity index (χ4n) is 2.14. The summed E-state index contributed by atoms with van der Waals surface area (Å²) in [7, 11) is 0. The molecule has 1 aromatic heterocycles. The Labute approximate surface area is 103 Å². The minimum atomic E-state index is -0.404. The first kappa shape index (κ1) is 10.8. The van der Waals surface area contributed by atoms with E-state index < -0.39 is 5.82 Å². The van der Waals surface area contributed by atoms with Crippen molar-refractivity contribution in [3.8, 4) is 16.9 Å². The lowest BCUT2D eigenvalue weighted by molar-refractivity contribution is 0.476. The van der Waals surface area contributed by atoms with Crippen molar-refractivity contribution in [1.82, 2.24) is 0 Å². The molecule has 2 aromatic carbocycles. The second-order valence-electron chi connectivity index (χ2n) is 4.21. The molecule has 0 aliphatic carbocycles. The molecule has 0 spiro atoms. The van der Waals surface area contributed by atoms with E-state index in [4.69, 9.17) is 4.42 Å². The molecule has 0 aliphatic rings. The zero-order valence-electron chi connectivity index (χ0n) is 9.77. The first-order valence-corrected chi connectivity index (χ1v) is 5.64. The van der Waals surface area contributed by atoms with E-state index in [0.29, 0.717) is 22.5 Å². The Balaban J connectivity index is 2.41. The lowest BCUT2D eigenvalue weighted by atomic mass is 10.0. The number of fused-ring (bicyclic) bond motifs is 1. The van der Waals surface area contributed by atoms with Crippen LogP contribution in [0.15, 0.2) is 46.9 Å². The molecule has 1 heterocycles. The van der Waals surface area contributed by atoms with E-state index in [1.54, 1.807) is 24.3 Å². The molecular formula is C15H11FO2. The quantitative estimate of drug-likeness (QED) is 0.691. The highest BCUT2D eigenvalue weighted by Crippen LogP contribution is 2.37. The predicted octanol–water partition coefficient (Wildman–Crippen LogP) is 4.25. The average Bonchev–Trinajstić information content (AvgIpc) is 2.71. The van der Waals surface area contributed by atoms with Crippen LogP contribution in [0.5, 0.6) is 5.75 Å². The number of hydrogen-bond acceptors (Lipinski definition) is 2. The molecule has 3 heteroatoms. The summed E-state index contributed by atoms with van der Waals surface area (Å²) < 4.78 is 19.6. The van der Waals surface area contributed by atoms with Gasteiger partial charge in [0.1, 0.15) is 22.9 Å². The van der Waals surface area contributed by atoms with Crippen LogP contribution in [-0.4, -0.2) is 5.11 Å². The van der Waals surface area contributed by atoms with E-state index in [0.717, 1.165) is 5.39 Å². The molecule has 3 aromatic rings. The van der Waals surface area contributed by atoms with Crippen molar-refractivity contribution in [2.24, 2.45) is 0 Å². The van der Waals surface area contributed by atoms with Gasteiger partial charge in [-0.15, -0.1) is 0 Å². The Morgan fingerprint density at radius 1 is 1.11 bits per heavy atom. The van der Waals surface area contributed by atoms with E-state index in [-0.39, 0.29) is 5.75 Å². The molecule has 90 valence electrons. The summed E-state index contributed by atoms with van der Waals surface area (Å²) in [6, 6.07) is 11.6. The maximum absolute atomic E-state index is 14.0. The lowest BCUT2D eigenvalue weighted by Gasteiger charge is -2.06. The molecule has 0 atom stereocenters. The van der Waals surface area contributed by atoms with E-state index in [2.05, 4.69) is 0 Å². The predicted molar refractivity (Wildman–Crippen MR) is 68.0 cm³/mol. The van der Waals surface area contributed by atoms with Gasteiger partial charge in [-0.25, -0.2) is 4.39 Å². The Kier molecular flexibility index (Phi) is 2.33. The van der Waals surface area contributed by atoms with Gasteiger partial charge in [-0.3, -0.25) is 0 Å². The Hall–Kier alpha value is -2.29. The van der Waals surface area contributed by atoms with Crippen molar-refractivity contribution in [2.45, 2.75) is 6.92 Å². The topological polar surface area (TPSA) is 33.4 Å². The van der Waals surface area contributed by atoms with Gasteiger partial charge in [0.15, 0.2) is 0 Å². The smallest absolute Gasteiger partial charge is 0.145 e. The molecule has 0 aliphatic heterocycles. The summed E-state index contributed by atoms with van der Waals surface area (Å²) in [5.41, 5.74) is 1.21. The maximum Gasteiger partial charge on any atom is 0.145 e. The van der Waals surface area contributed by atoms with Crippen LogP contribution in [0.3, 0.4) is 0 Å². The number of benzene rings is 2. The van der Waals surface area contributed by atoms with Gasteiger partial charge in [-0.1, -0.05) is 18.2 Å². The van der Waals surface area contributed by atoms with Crippen LogP contribution in [0.4, 0.5) is 4.39 Å². The Morgan fingerprint density at radius 2 is 1.89 bits per heavy atom. The SMILES string of the molecule is Cc1cc2ccc(F)c(-c3ccccc3O)c2o1. The van der Waals surface area contributed by atoms with Crippen LogP contribution < -0.4 is 0 Å². The molecular weight excluding hydrogens is 231 g/mol. The highest BCUT2D eigenvalue weighted by molar-refractivity contribution is 5.94. The number of aryl methyl sites for hydroxylation is 1. The lowest BCUT2D eigenvalue weighted by Crippen LogP contribution is -1.85. The van der Waals surface area contributed by atoms with E-state index >= 15 is 0 Å². The molecule has 0 saturated carbocycles. The standard InChI is InChI=1S/C15H11FO2/c1-9-8-10-6-7-12(16)14(15(10)18-9)11-4-2-3-5-13(11)17/h2-8,17H,1H3. The summed E-state index contributed by atoms with van der Waals surface area (Å²) in [4.78, 5) is 0. The van der Waals surface area contributed by atoms with E-state index in [1.807, 2.05) is 13.0 Å². The number of phenols is 1. The van der Waals surface area contributed by atoms with Crippen LogP contribution in [0.25, 0.3) is 22.1 Å². The number of phenolic OH excluding ortho intramolecular Hbond substituents is 1. The zero-order chi connectivity index (χ0) is 12.7. The van der Waals surface area contributed by atoms with Gasteiger partial charge in [-0.05, 0) is 31.2 Å². The molecule has 0 fully saturated rings. The third-order valence-corrected chi connectivity index (χ3v) is 2.93. The van der Waals surface area contributed by atoms with Crippen LogP contribution in [-0.2, 0) is 0 Å². The molecule has 0 saturated heterocycles. The minimum Gasteiger partial charge on any atom is -0.507 e. The molecule has 2 nitrogen and oxygen atoms in total. The van der Waals surface area contributed by atoms with Crippen molar-refractivity contribution in [1.29, 1.82) is 0 Å². The number of aromatic hydroxyl groups is 1. The molecule has 1 N–H and O–H groups in total. The second-order valence-corrected chi connectivity index (χ2v) is 4.21. The normalized spacial score (nSPS) is 11.0. The molecule has 3 rings (SSSR count). The van der Waals surface area contributed by atoms with Gasteiger partial charge in [0, 0.05) is 10.9 Å². The number of halogens is 1. The highest BCUT2D eigenvalue weighted by atomic mass is 19.1. The van der Waals surface area contributed by atoms with Gasteiger partial charge in [-0.2, -0.15) is 0 Å². The summed E-state index contributed by atoms with van der Waals surface area (Å²) in [5, 5.41) is 10.7. The van der Waals surface area contributed by atoms with Gasteiger partial charge >= 0.3 is 0 Å². The summed E-state index contributed by atoms with van der Waals surface area (Å²) in [6.45, 7) is 1.81. The van der Waals surface area contributed by atoms with E-state index in [9.17, 15) is 9.50 Å². The molecule has 0 bridgehead atoms. The monoisotopic (exact) mass is 242 g/mol. The fourth-order valence-corrected chi connectivity index (χ4v) is 2.14. The molecule has 0 unspecified atom stereocenters. The Morgan fingerprint density at radius 3 is 2.67 bits per heavy atom. The molecule has 0 amide bonds. The third-order valence-electron chi connectivity index (χ3n) is 2.93. The van der Waals surface area contributed by atoms with Crippen molar-refractivity contribution < 1.29 is 13.9 Å². The van der Waals surface area contributed by atoms with Crippen LogP contribution in [0.2, 0.25) is 0 Å². The number of para-hydroxylation sites is 1. The van der Waals surface area contributed by atoms with Gasteiger partial charge in [0.2, 0.25) is 0 Å². The first-order valence-electron chi connectivity index (χ1n) is 5.64. The molecule has 0 radical (unpaired) electrons. The first-order chi connectivity index (χ1) is 8.66. The van der Waals surface area contributed by atoms with Gasteiger partial charge in [0.25, 0.3) is 0 Å². The van der Waals surface area contributed by atoms with Crippen LogP contribution in [0.1, 0.15) is 5.76 Å². The number of furan rings is 1. The van der Waals surface area contributed by atoms with Crippen molar-refractivity contribution in [3.05, 3.63) is 54.0 Å². The summed E-state index contributed by atoms with van der Waals surface area (Å²) in [6.07, 6.45) is 0. The molecule has 18 heavy (non-hydrogen) atoms.